The third kappa shape index (κ3) is 3.80. The normalized spacial score (nSPS) is 24.7. The minimum absolute atomic E-state index is 0.546. The van der Waals surface area contributed by atoms with Crippen LogP contribution in [0.5, 0.6) is 0 Å². The Morgan fingerprint density at radius 3 is 2.65 bits per heavy atom. The van der Waals surface area contributed by atoms with E-state index >= 15 is 0 Å². The Balaban J connectivity index is 1.91. The Hall–Kier alpha value is -0.930. The van der Waals surface area contributed by atoms with Crippen LogP contribution in [0.15, 0.2) is 11.4 Å². The second kappa shape index (κ2) is 7.19. The number of nitriles is 1. The highest BCUT2D eigenvalue weighted by Crippen LogP contribution is 2.21. The average molecular weight is 293 g/mol. The number of ether oxygens (including phenoxy) is 1. The summed E-state index contributed by atoms with van der Waals surface area (Å²) >= 11 is 1.69. The van der Waals surface area contributed by atoms with Gasteiger partial charge in [-0.05, 0) is 19.9 Å². The van der Waals surface area contributed by atoms with Gasteiger partial charge in [0.05, 0.1) is 12.2 Å². The third-order valence-corrected chi connectivity index (χ3v) is 4.81. The van der Waals surface area contributed by atoms with E-state index in [0.29, 0.717) is 12.1 Å². The summed E-state index contributed by atoms with van der Waals surface area (Å²) in [4.78, 5) is 6.30. The van der Waals surface area contributed by atoms with Gasteiger partial charge in [-0.3, -0.25) is 9.80 Å². The lowest BCUT2D eigenvalue weighted by molar-refractivity contribution is 0.0182. The van der Waals surface area contributed by atoms with Crippen molar-refractivity contribution in [2.45, 2.75) is 32.5 Å². The van der Waals surface area contributed by atoms with Gasteiger partial charge in [0.25, 0.3) is 0 Å². The fourth-order valence-electron chi connectivity index (χ4n) is 2.98. The van der Waals surface area contributed by atoms with Gasteiger partial charge in [0, 0.05) is 55.6 Å². The van der Waals surface area contributed by atoms with Crippen LogP contribution in [0.4, 0.5) is 0 Å². The Bertz CT molecular complexity index is 456. The average Bonchev–Trinajstić information content (AvgIpc) is 2.85. The SMILES string of the molecule is COCCN1[C@H](C)CN(Cc2cc(C#N)cs2)C[C@@H]1C. The third-order valence-electron chi connectivity index (χ3n) is 3.89. The number of thiophene rings is 1. The maximum atomic E-state index is 8.88. The Morgan fingerprint density at radius 2 is 2.10 bits per heavy atom. The summed E-state index contributed by atoms with van der Waals surface area (Å²) in [7, 11) is 1.76. The molecule has 0 saturated carbocycles. The fourth-order valence-corrected chi connectivity index (χ4v) is 3.83. The Labute approximate surface area is 125 Å². The summed E-state index contributed by atoms with van der Waals surface area (Å²) in [5, 5.41) is 10.8. The van der Waals surface area contributed by atoms with Crippen LogP contribution >= 0.6 is 11.3 Å². The highest BCUT2D eigenvalue weighted by molar-refractivity contribution is 7.10. The molecular weight excluding hydrogens is 270 g/mol. The maximum absolute atomic E-state index is 8.88. The summed E-state index contributed by atoms with van der Waals surface area (Å²) in [5.74, 6) is 0. The molecule has 1 aliphatic rings. The lowest BCUT2D eigenvalue weighted by Crippen LogP contribution is -2.56. The zero-order valence-corrected chi connectivity index (χ0v) is 13.3. The molecule has 2 heterocycles. The predicted octanol–water partition coefficient (Wildman–Crippen LogP) is 2.16. The van der Waals surface area contributed by atoms with Crippen molar-refractivity contribution in [1.29, 1.82) is 5.26 Å². The first-order chi connectivity index (χ1) is 9.63. The van der Waals surface area contributed by atoms with Crippen LogP contribution in [-0.4, -0.2) is 55.2 Å². The van der Waals surface area contributed by atoms with Crippen molar-refractivity contribution in [3.8, 4) is 6.07 Å². The molecule has 20 heavy (non-hydrogen) atoms. The van der Waals surface area contributed by atoms with Crippen LogP contribution < -0.4 is 0 Å². The Morgan fingerprint density at radius 1 is 1.40 bits per heavy atom. The second-order valence-corrected chi connectivity index (χ2v) is 6.53. The summed E-state index contributed by atoms with van der Waals surface area (Å²) in [6.45, 7) is 9.48. The summed E-state index contributed by atoms with van der Waals surface area (Å²) in [5.41, 5.74) is 0.782. The standard InChI is InChI=1S/C15H23N3OS/c1-12-8-17(9-13(2)18(12)4-5-19-3)10-15-6-14(7-16)11-20-15/h6,11-13H,4-5,8-10H2,1-3H3/t12-,13+. The van der Waals surface area contributed by atoms with Crippen molar-refractivity contribution in [2.75, 3.05) is 33.4 Å². The molecule has 0 aliphatic carbocycles. The number of hydrogen-bond donors (Lipinski definition) is 0. The van der Waals surface area contributed by atoms with E-state index in [1.807, 2.05) is 11.4 Å². The molecule has 0 bridgehead atoms. The van der Waals surface area contributed by atoms with Gasteiger partial charge in [0.2, 0.25) is 0 Å². The van der Waals surface area contributed by atoms with Crippen LogP contribution in [-0.2, 0) is 11.3 Å². The van der Waals surface area contributed by atoms with Gasteiger partial charge < -0.3 is 4.74 Å². The zero-order chi connectivity index (χ0) is 14.5. The van der Waals surface area contributed by atoms with Crippen molar-refractivity contribution < 1.29 is 4.74 Å². The highest BCUT2D eigenvalue weighted by atomic mass is 32.1. The second-order valence-electron chi connectivity index (χ2n) is 5.54. The van der Waals surface area contributed by atoms with Crippen LogP contribution in [0.2, 0.25) is 0 Å². The van der Waals surface area contributed by atoms with E-state index in [4.69, 9.17) is 10.00 Å². The largest absolute Gasteiger partial charge is 0.383 e. The van der Waals surface area contributed by atoms with E-state index in [-0.39, 0.29) is 0 Å². The van der Waals surface area contributed by atoms with E-state index in [0.717, 1.165) is 38.3 Å². The number of rotatable bonds is 5. The van der Waals surface area contributed by atoms with Gasteiger partial charge in [0.1, 0.15) is 6.07 Å². The highest BCUT2D eigenvalue weighted by Gasteiger charge is 2.29. The smallest absolute Gasteiger partial charge is 0.100 e. The zero-order valence-electron chi connectivity index (χ0n) is 12.5. The van der Waals surface area contributed by atoms with Crippen LogP contribution in [0.1, 0.15) is 24.3 Å². The molecule has 0 aromatic carbocycles. The molecule has 1 aromatic rings. The van der Waals surface area contributed by atoms with E-state index in [9.17, 15) is 0 Å². The van der Waals surface area contributed by atoms with Gasteiger partial charge in [0.15, 0.2) is 0 Å². The summed E-state index contributed by atoms with van der Waals surface area (Å²) < 4.78 is 5.19. The topological polar surface area (TPSA) is 39.5 Å². The molecule has 0 radical (unpaired) electrons. The molecule has 1 fully saturated rings. The van der Waals surface area contributed by atoms with E-state index in [1.165, 1.54) is 4.88 Å². The molecule has 0 unspecified atom stereocenters. The first-order valence-corrected chi connectivity index (χ1v) is 7.96. The summed E-state index contributed by atoms with van der Waals surface area (Å²) in [6.07, 6.45) is 0. The van der Waals surface area contributed by atoms with Crippen molar-refractivity contribution in [2.24, 2.45) is 0 Å². The quantitative estimate of drug-likeness (QED) is 0.834. The van der Waals surface area contributed by atoms with E-state index in [2.05, 4.69) is 29.7 Å². The first kappa shape index (κ1) is 15.5. The number of nitrogens with zero attached hydrogens (tertiary/aromatic N) is 3. The molecule has 1 aromatic heterocycles. The molecule has 1 aliphatic heterocycles. The molecule has 2 atom stereocenters. The van der Waals surface area contributed by atoms with Gasteiger partial charge in [-0.25, -0.2) is 0 Å². The van der Waals surface area contributed by atoms with Crippen LogP contribution in [0, 0.1) is 11.3 Å². The van der Waals surface area contributed by atoms with Crippen molar-refractivity contribution in [3.05, 3.63) is 21.9 Å². The van der Waals surface area contributed by atoms with E-state index in [1.54, 1.807) is 18.4 Å². The lowest BCUT2D eigenvalue weighted by Gasteiger charge is -2.44. The molecule has 1 saturated heterocycles. The lowest BCUT2D eigenvalue weighted by atomic mass is 10.1. The Kier molecular flexibility index (Phi) is 5.55. The van der Waals surface area contributed by atoms with E-state index < -0.39 is 0 Å². The van der Waals surface area contributed by atoms with Crippen molar-refractivity contribution >= 4 is 11.3 Å². The molecule has 0 spiro atoms. The number of methoxy groups -OCH3 is 1. The number of piperazine rings is 1. The monoisotopic (exact) mass is 293 g/mol. The predicted molar refractivity (Wildman–Crippen MR) is 81.8 cm³/mol. The van der Waals surface area contributed by atoms with Gasteiger partial charge in [-0.1, -0.05) is 0 Å². The van der Waals surface area contributed by atoms with Crippen LogP contribution in [0.3, 0.4) is 0 Å². The fraction of sp³-hybridized carbons (Fsp3) is 0.667. The molecule has 0 amide bonds. The summed E-state index contributed by atoms with van der Waals surface area (Å²) in [6, 6.07) is 5.30. The van der Waals surface area contributed by atoms with Gasteiger partial charge in [-0.2, -0.15) is 5.26 Å². The van der Waals surface area contributed by atoms with Crippen molar-refractivity contribution in [1.82, 2.24) is 9.80 Å². The molecule has 5 heteroatoms. The first-order valence-electron chi connectivity index (χ1n) is 7.08. The van der Waals surface area contributed by atoms with Gasteiger partial charge >= 0.3 is 0 Å². The molecule has 4 nitrogen and oxygen atoms in total. The van der Waals surface area contributed by atoms with Gasteiger partial charge in [-0.15, -0.1) is 11.3 Å². The molecule has 2 rings (SSSR count). The molecule has 110 valence electrons. The minimum atomic E-state index is 0.546. The maximum Gasteiger partial charge on any atom is 0.100 e. The van der Waals surface area contributed by atoms with Crippen LogP contribution in [0.25, 0.3) is 0 Å². The number of hydrogen-bond acceptors (Lipinski definition) is 5. The molecule has 0 N–H and O–H groups in total. The molecular formula is C15H23N3OS. The van der Waals surface area contributed by atoms with Crippen molar-refractivity contribution in [3.63, 3.8) is 0 Å². The minimum Gasteiger partial charge on any atom is -0.383 e.